The van der Waals surface area contributed by atoms with Crippen molar-refractivity contribution < 1.29 is 53.5 Å². The number of hydrogen-bond donors (Lipinski definition) is 6. The second-order valence-electron chi connectivity index (χ2n) is 8.98. The number of carboxylic acid groups (broad SMARTS) is 1. The number of phenols is 2. The summed E-state index contributed by atoms with van der Waals surface area (Å²) in [5.74, 6) is -6.53. The van der Waals surface area contributed by atoms with E-state index >= 15 is 0 Å². The average molecular weight is 599 g/mol. The van der Waals surface area contributed by atoms with E-state index in [9.17, 15) is 48.9 Å². The van der Waals surface area contributed by atoms with Crippen molar-refractivity contribution in [3.05, 3.63) is 66.7 Å². The van der Waals surface area contributed by atoms with Crippen molar-refractivity contribution >= 4 is 40.9 Å². The molecule has 17 nitrogen and oxygen atoms in total. The highest BCUT2D eigenvalue weighted by Crippen LogP contribution is 2.36. The van der Waals surface area contributed by atoms with Crippen LogP contribution in [0.5, 0.6) is 17.2 Å². The number of aromatic amines is 1. The van der Waals surface area contributed by atoms with E-state index in [1.54, 1.807) is 0 Å². The maximum atomic E-state index is 13.7. The number of carbonyl (C=O) groups excluding carboxylic acids is 3. The lowest BCUT2D eigenvalue weighted by Gasteiger charge is -2.16. The number of phenolic OH excluding ortho intramolecular Hbond substituents is 2. The van der Waals surface area contributed by atoms with Crippen molar-refractivity contribution in [2.24, 2.45) is 0 Å². The Kier molecular flexibility index (Phi) is 8.17. The fourth-order valence-electron chi connectivity index (χ4n) is 4.19. The van der Waals surface area contributed by atoms with Gasteiger partial charge >= 0.3 is 11.9 Å². The standard InChI is InChI=1S/C26H21N3O14/c1-10-20(25(39)29-6-14(33)12(31)5-16(29)27-10)11-7-41-15-4-13(32)24(38)22(21(15)23(11)37)26(40)42-8-17(34)28-18(43-9-30)2-3-19(35)36/h4-7,9,18,27,32-33,38H,2-3,8H2,1H3,(H,28,34)(H,35,36)/t18-/m1/s1. The minimum atomic E-state index is -1.48. The van der Waals surface area contributed by atoms with E-state index in [1.165, 1.54) is 6.92 Å². The number of hydrogen-bond acceptors (Lipinski definition) is 13. The number of fused-ring (bicyclic) bond motifs is 2. The van der Waals surface area contributed by atoms with Gasteiger partial charge in [0.05, 0.1) is 29.1 Å². The van der Waals surface area contributed by atoms with Gasteiger partial charge in [-0.2, -0.15) is 0 Å². The second kappa shape index (κ2) is 11.8. The average Bonchev–Trinajstić information content (AvgIpc) is 2.94. The predicted molar refractivity (Wildman–Crippen MR) is 142 cm³/mol. The maximum absolute atomic E-state index is 13.7. The van der Waals surface area contributed by atoms with Crippen LogP contribution in [0.3, 0.4) is 0 Å². The Hall–Kier alpha value is -6.13. The Labute approximate surface area is 237 Å². The van der Waals surface area contributed by atoms with Gasteiger partial charge in [0.15, 0.2) is 30.1 Å². The molecule has 1 atom stereocenters. The molecule has 224 valence electrons. The van der Waals surface area contributed by atoms with Crippen LogP contribution < -0.4 is 21.7 Å². The maximum Gasteiger partial charge on any atom is 0.343 e. The van der Waals surface area contributed by atoms with Crippen LogP contribution in [-0.2, 0) is 23.9 Å². The molecular weight excluding hydrogens is 578 g/mol. The summed E-state index contributed by atoms with van der Waals surface area (Å²) in [4.78, 5) is 88.1. The van der Waals surface area contributed by atoms with Crippen LogP contribution in [0.2, 0.25) is 0 Å². The van der Waals surface area contributed by atoms with Gasteiger partial charge < -0.3 is 44.6 Å². The third-order valence-corrected chi connectivity index (χ3v) is 6.14. The van der Waals surface area contributed by atoms with Crippen LogP contribution in [0, 0.1) is 6.92 Å². The monoisotopic (exact) mass is 599 g/mol. The molecule has 0 saturated heterocycles. The number of aryl methyl sites for hydroxylation is 1. The van der Waals surface area contributed by atoms with E-state index in [2.05, 4.69) is 15.0 Å². The van der Waals surface area contributed by atoms with Gasteiger partial charge in [0.2, 0.25) is 10.9 Å². The minimum absolute atomic E-state index is 0.00641. The molecule has 1 amide bonds. The quantitative estimate of drug-likeness (QED) is 0.0598. The van der Waals surface area contributed by atoms with E-state index in [0.717, 1.165) is 29.0 Å². The van der Waals surface area contributed by atoms with Crippen LogP contribution in [0.1, 0.15) is 28.9 Å². The van der Waals surface area contributed by atoms with Gasteiger partial charge in [0, 0.05) is 24.2 Å². The zero-order valence-electron chi connectivity index (χ0n) is 21.9. The van der Waals surface area contributed by atoms with Crippen molar-refractivity contribution in [2.45, 2.75) is 26.0 Å². The van der Waals surface area contributed by atoms with Gasteiger partial charge in [-0.15, -0.1) is 0 Å². The minimum Gasteiger partial charge on any atom is -0.504 e. The molecule has 0 bridgehead atoms. The number of nitrogens with zero attached hydrogens (tertiary/aromatic N) is 1. The molecule has 17 heteroatoms. The first-order valence-corrected chi connectivity index (χ1v) is 12.1. The van der Waals surface area contributed by atoms with Crippen molar-refractivity contribution in [1.29, 1.82) is 0 Å². The highest BCUT2D eigenvalue weighted by atomic mass is 16.5. The molecule has 3 aromatic heterocycles. The third-order valence-electron chi connectivity index (χ3n) is 6.14. The summed E-state index contributed by atoms with van der Waals surface area (Å²) in [6.45, 7) is 0.312. The van der Waals surface area contributed by atoms with E-state index in [-0.39, 0.29) is 29.8 Å². The highest BCUT2D eigenvalue weighted by Gasteiger charge is 2.27. The van der Waals surface area contributed by atoms with Crippen LogP contribution >= 0.6 is 0 Å². The van der Waals surface area contributed by atoms with Crippen LogP contribution in [-0.4, -0.2) is 67.0 Å². The fourth-order valence-corrected chi connectivity index (χ4v) is 4.19. The van der Waals surface area contributed by atoms with E-state index in [1.807, 2.05) is 0 Å². The summed E-state index contributed by atoms with van der Waals surface area (Å²) in [5, 5.41) is 40.7. The molecule has 6 N–H and O–H groups in total. The summed E-state index contributed by atoms with van der Waals surface area (Å²) in [5.41, 5.74) is -4.64. The van der Waals surface area contributed by atoms with Gasteiger partial charge in [0.1, 0.15) is 23.1 Å². The van der Waals surface area contributed by atoms with E-state index in [4.69, 9.17) is 14.3 Å². The smallest absolute Gasteiger partial charge is 0.343 e. The number of H-pyrrole nitrogens is 1. The molecular formula is C26H21N3O14. The topological polar surface area (TPSA) is 264 Å². The Morgan fingerprint density at radius 3 is 2.53 bits per heavy atom. The molecule has 0 unspecified atom stereocenters. The summed E-state index contributed by atoms with van der Waals surface area (Å²) in [6, 6.07) is 1.78. The van der Waals surface area contributed by atoms with Gasteiger partial charge in [-0.25, -0.2) is 4.79 Å². The first kappa shape index (κ1) is 29.8. The number of benzene rings is 1. The number of amides is 1. The Morgan fingerprint density at radius 1 is 1.14 bits per heavy atom. The Bertz CT molecular complexity index is 1990. The van der Waals surface area contributed by atoms with Gasteiger partial charge in [-0.3, -0.25) is 33.2 Å². The first-order chi connectivity index (χ1) is 20.3. The lowest BCUT2D eigenvalue weighted by molar-refractivity contribution is -0.144. The number of aromatic nitrogens is 2. The number of pyridine rings is 1. The van der Waals surface area contributed by atoms with E-state index < -0.39 is 92.9 Å². The number of esters is 1. The Morgan fingerprint density at radius 2 is 1.86 bits per heavy atom. The van der Waals surface area contributed by atoms with Crippen molar-refractivity contribution in [3.8, 4) is 28.4 Å². The number of carboxylic acids is 1. The first-order valence-electron chi connectivity index (χ1n) is 12.1. The normalized spacial score (nSPS) is 11.7. The summed E-state index contributed by atoms with van der Waals surface area (Å²) in [6.07, 6.45) is -0.448. The molecule has 4 rings (SSSR count). The third kappa shape index (κ3) is 5.85. The second-order valence-corrected chi connectivity index (χ2v) is 8.98. The molecule has 1 aromatic carbocycles. The lowest BCUT2D eigenvalue weighted by Crippen LogP contribution is -2.39. The molecule has 0 aliphatic carbocycles. The fraction of sp³-hybridized carbons (Fsp3) is 0.192. The molecule has 43 heavy (non-hydrogen) atoms. The molecule has 0 spiro atoms. The zero-order valence-corrected chi connectivity index (χ0v) is 21.9. The zero-order chi connectivity index (χ0) is 31.6. The number of ether oxygens (including phenoxy) is 2. The molecule has 0 radical (unpaired) electrons. The largest absolute Gasteiger partial charge is 0.504 e. The van der Waals surface area contributed by atoms with Crippen molar-refractivity contribution in [1.82, 2.24) is 14.7 Å². The van der Waals surface area contributed by atoms with Gasteiger partial charge in [-0.1, -0.05) is 0 Å². The van der Waals surface area contributed by atoms with Gasteiger partial charge in [-0.05, 0) is 6.92 Å². The predicted octanol–water partition coefficient (Wildman–Crippen LogP) is -0.177. The molecule has 0 aliphatic heterocycles. The van der Waals surface area contributed by atoms with E-state index in [0.29, 0.717) is 0 Å². The molecule has 4 aromatic rings. The molecule has 0 aliphatic rings. The van der Waals surface area contributed by atoms with Crippen molar-refractivity contribution in [3.63, 3.8) is 0 Å². The van der Waals surface area contributed by atoms with Crippen LogP contribution in [0.15, 0.2) is 43.4 Å². The molecule has 3 heterocycles. The van der Waals surface area contributed by atoms with Crippen molar-refractivity contribution in [2.75, 3.05) is 6.61 Å². The van der Waals surface area contributed by atoms with Gasteiger partial charge in [0.25, 0.3) is 17.9 Å². The lowest BCUT2D eigenvalue weighted by atomic mass is 10.0. The molecule has 0 saturated carbocycles. The molecule has 0 fully saturated rings. The number of aliphatic carboxylic acids is 1. The summed E-state index contributed by atoms with van der Waals surface area (Å²) in [7, 11) is 0. The Balaban J connectivity index is 1.75. The number of carbonyl (C=O) groups is 4. The van der Waals surface area contributed by atoms with Crippen LogP contribution in [0.4, 0.5) is 0 Å². The summed E-state index contributed by atoms with van der Waals surface area (Å²) < 4.78 is 15.7. The number of nitrogens with one attached hydrogen (secondary N) is 2. The highest BCUT2D eigenvalue weighted by molar-refractivity contribution is 6.07. The number of rotatable bonds is 10. The number of aromatic hydroxyl groups is 3. The SMILES string of the molecule is Cc1[nH]c2cc(=O)c(O)cn2c(=O)c1-c1coc2cc(O)c(O)c(C(=O)OCC(=O)N[C@@H](CCC(=O)O)OC=O)c2c1=O. The van der Waals surface area contributed by atoms with Crippen LogP contribution in [0.25, 0.3) is 27.7 Å². The summed E-state index contributed by atoms with van der Waals surface area (Å²) >= 11 is 0.